The lowest BCUT2D eigenvalue weighted by Gasteiger charge is -2.39. The van der Waals surface area contributed by atoms with E-state index in [0.717, 1.165) is 26.2 Å². The van der Waals surface area contributed by atoms with Crippen LogP contribution in [0.5, 0.6) is 0 Å². The highest BCUT2D eigenvalue weighted by atomic mass is 31.1. The second-order valence-corrected chi connectivity index (χ2v) is 7.47. The van der Waals surface area contributed by atoms with Crippen LogP contribution in [0.4, 0.5) is 0 Å². The molecule has 0 radical (unpaired) electrons. The molecule has 0 amide bonds. The monoisotopic (exact) mass is 294 g/mol. The summed E-state index contributed by atoms with van der Waals surface area (Å²) in [5.74, 6) is 0.585. The zero-order valence-electron chi connectivity index (χ0n) is 14.1. The van der Waals surface area contributed by atoms with Crippen molar-refractivity contribution in [1.82, 2.24) is 9.34 Å². The average Bonchev–Trinajstić information content (AvgIpc) is 2.47. The summed E-state index contributed by atoms with van der Waals surface area (Å²) in [5, 5.41) is 1.55. The molecule has 0 bridgehead atoms. The van der Waals surface area contributed by atoms with Gasteiger partial charge in [0.1, 0.15) is 0 Å². The molecule has 0 spiro atoms. The normalized spacial score (nSPS) is 12.1. The van der Waals surface area contributed by atoms with Gasteiger partial charge in [0.2, 0.25) is 0 Å². The molecule has 114 valence electrons. The Kier molecular flexibility index (Phi) is 7.72. The van der Waals surface area contributed by atoms with Crippen LogP contribution in [-0.2, 0) is 0 Å². The molecule has 2 nitrogen and oxygen atoms in total. The van der Waals surface area contributed by atoms with Crippen molar-refractivity contribution in [3.8, 4) is 0 Å². The second kappa shape index (κ2) is 8.77. The number of hydrogen-bond acceptors (Lipinski definition) is 2. The van der Waals surface area contributed by atoms with Crippen LogP contribution < -0.4 is 5.30 Å². The van der Waals surface area contributed by atoms with Crippen LogP contribution >= 0.6 is 8.22 Å². The highest BCUT2D eigenvalue weighted by Gasteiger charge is 2.26. The molecule has 1 aromatic carbocycles. The molecule has 1 aromatic rings. The fourth-order valence-electron chi connectivity index (χ4n) is 2.62. The maximum Gasteiger partial charge on any atom is 0.0727 e. The number of hydrogen-bond donors (Lipinski definition) is 0. The summed E-state index contributed by atoms with van der Waals surface area (Å²) in [6.07, 6.45) is 0. The molecule has 0 heterocycles. The molecule has 0 fully saturated rings. The summed E-state index contributed by atoms with van der Waals surface area (Å²) in [6.45, 7) is 18.2. The van der Waals surface area contributed by atoms with E-state index in [0.29, 0.717) is 5.92 Å². The van der Waals surface area contributed by atoms with Gasteiger partial charge < -0.3 is 0 Å². The summed E-state index contributed by atoms with van der Waals surface area (Å²) in [5.41, 5.74) is 1.51. The molecule has 0 saturated heterocycles. The molecule has 0 aromatic heterocycles. The zero-order chi connectivity index (χ0) is 15.1. The molecule has 0 aliphatic rings. The van der Waals surface area contributed by atoms with Crippen LogP contribution in [0.15, 0.2) is 24.3 Å². The minimum absolute atomic E-state index is 0.370. The van der Waals surface area contributed by atoms with E-state index in [4.69, 9.17) is 0 Å². The van der Waals surface area contributed by atoms with Gasteiger partial charge in [-0.15, -0.1) is 0 Å². The van der Waals surface area contributed by atoms with Gasteiger partial charge in [-0.05, 0) is 11.5 Å². The third-order valence-corrected chi connectivity index (χ3v) is 6.81. The van der Waals surface area contributed by atoms with Gasteiger partial charge in [0.25, 0.3) is 0 Å². The summed E-state index contributed by atoms with van der Waals surface area (Å²) in [6, 6.07) is 9.03. The lowest BCUT2D eigenvalue weighted by Crippen LogP contribution is -2.35. The van der Waals surface area contributed by atoms with Gasteiger partial charge in [-0.3, -0.25) is 9.34 Å². The summed E-state index contributed by atoms with van der Waals surface area (Å²) in [4.78, 5) is 0. The molecule has 1 rings (SSSR count). The lowest BCUT2D eigenvalue weighted by molar-refractivity contribution is 0.430. The van der Waals surface area contributed by atoms with Crippen LogP contribution in [0.25, 0.3) is 0 Å². The van der Waals surface area contributed by atoms with E-state index in [-0.39, 0.29) is 8.22 Å². The lowest BCUT2D eigenvalue weighted by atomic mass is 10.0. The first kappa shape index (κ1) is 17.6. The minimum Gasteiger partial charge on any atom is -0.267 e. The third-order valence-electron chi connectivity index (χ3n) is 3.77. The van der Waals surface area contributed by atoms with Crippen LogP contribution in [0.3, 0.4) is 0 Å². The Morgan fingerprint density at radius 2 is 1.30 bits per heavy atom. The Balaban J connectivity index is 3.29. The van der Waals surface area contributed by atoms with Gasteiger partial charge in [0, 0.05) is 31.5 Å². The Hall–Kier alpha value is -0.430. The first-order valence-corrected chi connectivity index (χ1v) is 9.23. The molecular formula is C17H31N2P. The summed E-state index contributed by atoms with van der Waals surface area (Å²) in [7, 11) is -0.370. The molecule has 0 saturated carbocycles. The Morgan fingerprint density at radius 3 is 1.70 bits per heavy atom. The predicted octanol–water partition coefficient (Wildman–Crippen LogP) is 4.43. The van der Waals surface area contributed by atoms with Crippen LogP contribution in [-0.4, -0.2) is 35.5 Å². The van der Waals surface area contributed by atoms with Crippen LogP contribution in [0, 0.1) is 0 Å². The van der Waals surface area contributed by atoms with Crippen molar-refractivity contribution in [2.75, 3.05) is 26.2 Å². The van der Waals surface area contributed by atoms with Crippen molar-refractivity contribution in [2.45, 2.75) is 47.5 Å². The first-order chi connectivity index (χ1) is 9.60. The second-order valence-electron chi connectivity index (χ2n) is 5.28. The zero-order valence-corrected chi connectivity index (χ0v) is 15.0. The SMILES string of the molecule is CCN(CC)P(c1ccccc1C(C)C)N(CC)CC. The van der Waals surface area contributed by atoms with Gasteiger partial charge in [-0.1, -0.05) is 65.8 Å². The fourth-order valence-corrected chi connectivity index (χ4v) is 5.45. The van der Waals surface area contributed by atoms with Crippen molar-refractivity contribution in [3.63, 3.8) is 0 Å². The van der Waals surface area contributed by atoms with Crippen LogP contribution in [0.1, 0.15) is 53.0 Å². The molecule has 0 atom stereocenters. The Bertz CT molecular complexity index is 372. The quantitative estimate of drug-likeness (QED) is 0.654. The number of rotatable bonds is 8. The van der Waals surface area contributed by atoms with E-state index in [1.807, 2.05) is 0 Å². The number of benzene rings is 1. The molecular weight excluding hydrogens is 263 g/mol. The van der Waals surface area contributed by atoms with Crippen molar-refractivity contribution in [2.24, 2.45) is 0 Å². The van der Waals surface area contributed by atoms with E-state index in [2.05, 4.69) is 75.1 Å². The van der Waals surface area contributed by atoms with Crippen molar-refractivity contribution in [1.29, 1.82) is 0 Å². The molecule has 0 aliphatic heterocycles. The van der Waals surface area contributed by atoms with E-state index >= 15 is 0 Å². The van der Waals surface area contributed by atoms with Crippen molar-refractivity contribution < 1.29 is 0 Å². The van der Waals surface area contributed by atoms with Crippen LogP contribution in [0.2, 0.25) is 0 Å². The molecule has 0 aliphatic carbocycles. The maximum absolute atomic E-state index is 2.63. The molecule has 20 heavy (non-hydrogen) atoms. The highest BCUT2D eigenvalue weighted by Crippen LogP contribution is 2.44. The first-order valence-electron chi connectivity index (χ1n) is 7.99. The van der Waals surface area contributed by atoms with Gasteiger partial charge in [0.15, 0.2) is 0 Å². The third kappa shape index (κ3) is 4.04. The van der Waals surface area contributed by atoms with Crippen molar-refractivity contribution in [3.05, 3.63) is 29.8 Å². The number of nitrogens with zero attached hydrogens (tertiary/aromatic N) is 2. The van der Waals surface area contributed by atoms with Gasteiger partial charge in [-0.2, -0.15) is 0 Å². The Labute approximate surface area is 127 Å². The van der Waals surface area contributed by atoms with E-state index in [1.54, 1.807) is 5.30 Å². The Morgan fingerprint density at radius 1 is 0.850 bits per heavy atom. The average molecular weight is 294 g/mol. The minimum atomic E-state index is -0.370. The van der Waals surface area contributed by atoms with Gasteiger partial charge in [0.05, 0.1) is 8.22 Å². The smallest absolute Gasteiger partial charge is 0.0727 e. The standard InChI is InChI=1S/C17H31N2P/c1-7-18(8-2)20(19(9-3)10-4)17-14-12-11-13-16(17)15(5)6/h11-15H,7-10H2,1-6H3. The maximum atomic E-state index is 2.63. The van der Waals surface area contributed by atoms with Gasteiger partial charge >= 0.3 is 0 Å². The largest absolute Gasteiger partial charge is 0.267 e. The molecule has 0 unspecified atom stereocenters. The predicted molar refractivity (Wildman–Crippen MR) is 92.9 cm³/mol. The topological polar surface area (TPSA) is 6.48 Å². The van der Waals surface area contributed by atoms with Crippen molar-refractivity contribution >= 4 is 13.5 Å². The summed E-state index contributed by atoms with van der Waals surface area (Å²) >= 11 is 0. The van der Waals surface area contributed by atoms with Gasteiger partial charge in [-0.25, -0.2) is 0 Å². The van der Waals surface area contributed by atoms with E-state index in [1.165, 1.54) is 5.56 Å². The van der Waals surface area contributed by atoms with E-state index in [9.17, 15) is 0 Å². The molecule has 0 N–H and O–H groups in total. The highest BCUT2D eigenvalue weighted by molar-refractivity contribution is 7.61. The summed E-state index contributed by atoms with van der Waals surface area (Å²) < 4.78 is 5.26. The van der Waals surface area contributed by atoms with E-state index < -0.39 is 0 Å². The fraction of sp³-hybridized carbons (Fsp3) is 0.647. The molecule has 3 heteroatoms.